The Morgan fingerprint density at radius 3 is 2.78 bits per heavy atom. The molecule has 2 atom stereocenters. The summed E-state index contributed by atoms with van der Waals surface area (Å²) < 4.78 is 12.9. The first-order valence-electron chi connectivity index (χ1n) is 9.00. The van der Waals surface area contributed by atoms with Crippen LogP contribution in [0.4, 0.5) is 4.39 Å². The van der Waals surface area contributed by atoms with Gasteiger partial charge < -0.3 is 10.2 Å². The largest absolute Gasteiger partial charge is 0.354 e. The summed E-state index contributed by atoms with van der Waals surface area (Å²) in [5, 5.41) is 2.82. The maximum Gasteiger partial charge on any atom is 0.256 e. The van der Waals surface area contributed by atoms with E-state index in [0.29, 0.717) is 18.5 Å². The van der Waals surface area contributed by atoms with Crippen LogP contribution in [0, 0.1) is 5.82 Å². The van der Waals surface area contributed by atoms with Crippen LogP contribution in [0.3, 0.4) is 0 Å². The predicted octanol–water partition coefficient (Wildman–Crippen LogP) is 3.53. The molecular formula is C21H21FN2O2S. The molecule has 1 fully saturated rings. The van der Waals surface area contributed by atoms with Gasteiger partial charge in [0.1, 0.15) is 17.2 Å². The number of benzene rings is 2. The van der Waals surface area contributed by atoms with Crippen molar-refractivity contribution < 1.29 is 14.0 Å². The molecule has 2 aromatic carbocycles. The number of rotatable bonds is 4. The van der Waals surface area contributed by atoms with Crippen LogP contribution in [0.25, 0.3) is 0 Å². The third-order valence-electron chi connectivity index (χ3n) is 5.15. The second kappa shape index (κ2) is 6.68. The Hall–Kier alpha value is -2.34. The molecule has 0 spiro atoms. The summed E-state index contributed by atoms with van der Waals surface area (Å²) in [5.74, 6) is -0.526. The van der Waals surface area contributed by atoms with E-state index in [4.69, 9.17) is 0 Å². The normalized spacial score (nSPS) is 22.5. The van der Waals surface area contributed by atoms with E-state index in [0.717, 1.165) is 11.1 Å². The second-order valence-electron chi connectivity index (χ2n) is 7.45. The number of hydrogen-bond acceptors (Lipinski definition) is 3. The Kier molecular flexibility index (Phi) is 4.46. The average Bonchev–Trinajstić information content (AvgIpc) is 3.05. The van der Waals surface area contributed by atoms with E-state index >= 15 is 0 Å². The van der Waals surface area contributed by atoms with E-state index < -0.39 is 10.8 Å². The molecule has 0 bridgehead atoms. The fraction of sp³-hybridized carbons (Fsp3) is 0.333. The maximum atomic E-state index is 13.3. The third-order valence-corrected chi connectivity index (χ3v) is 6.68. The summed E-state index contributed by atoms with van der Waals surface area (Å²) in [6, 6.07) is 13.4. The summed E-state index contributed by atoms with van der Waals surface area (Å²) in [6.07, 6.45) is 0.543. The van der Waals surface area contributed by atoms with E-state index in [-0.39, 0.29) is 23.0 Å². The van der Waals surface area contributed by atoms with Gasteiger partial charge in [0, 0.05) is 16.9 Å². The number of fused-ring (bicyclic) bond motifs is 3. The van der Waals surface area contributed by atoms with Crippen molar-refractivity contribution >= 4 is 23.6 Å². The number of carbonyl (C=O) groups is 2. The lowest BCUT2D eigenvalue weighted by atomic mass is 10.0. The molecule has 1 saturated heterocycles. The molecule has 2 amide bonds. The summed E-state index contributed by atoms with van der Waals surface area (Å²) in [7, 11) is 0. The van der Waals surface area contributed by atoms with Crippen LogP contribution >= 0.6 is 11.8 Å². The molecule has 140 valence electrons. The monoisotopic (exact) mass is 384 g/mol. The smallest absolute Gasteiger partial charge is 0.256 e. The molecule has 0 aliphatic carbocycles. The van der Waals surface area contributed by atoms with Gasteiger partial charge in [0.15, 0.2) is 0 Å². The zero-order valence-corrected chi connectivity index (χ0v) is 16.1. The molecule has 0 radical (unpaired) electrons. The number of nitrogens with zero attached hydrogens (tertiary/aromatic N) is 1. The Morgan fingerprint density at radius 2 is 2.00 bits per heavy atom. The van der Waals surface area contributed by atoms with Crippen molar-refractivity contribution in [2.75, 3.05) is 6.54 Å². The van der Waals surface area contributed by atoms with Gasteiger partial charge in [0.05, 0.1) is 0 Å². The maximum absolute atomic E-state index is 13.3. The topological polar surface area (TPSA) is 49.4 Å². The number of halogens is 1. The molecule has 2 aliphatic rings. The van der Waals surface area contributed by atoms with Gasteiger partial charge in [0.2, 0.25) is 5.91 Å². The second-order valence-corrected chi connectivity index (χ2v) is 9.18. The van der Waals surface area contributed by atoms with E-state index in [1.165, 1.54) is 12.1 Å². The highest BCUT2D eigenvalue weighted by Gasteiger charge is 2.57. The molecule has 1 N–H and O–H groups in total. The van der Waals surface area contributed by atoms with Crippen LogP contribution in [0.5, 0.6) is 0 Å². The molecule has 0 saturated carbocycles. The summed E-state index contributed by atoms with van der Waals surface area (Å²) >= 11 is 1.65. The molecule has 2 heterocycles. The van der Waals surface area contributed by atoms with Crippen molar-refractivity contribution in [1.82, 2.24) is 10.2 Å². The zero-order chi connectivity index (χ0) is 19.2. The van der Waals surface area contributed by atoms with Crippen LogP contribution in [0.15, 0.2) is 48.5 Å². The van der Waals surface area contributed by atoms with E-state index in [1.54, 1.807) is 22.7 Å². The standard InChI is InChI=1S/C21H21FN2O2S/c1-21(2)17(18(25)23-11-10-13-6-5-7-14(22)12-13)24-19(26)15-8-3-4-9-16(15)20(24)27-21/h3-9,12,17,20H,10-11H2,1-2H3,(H,23,25). The lowest BCUT2D eigenvalue weighted by Gasteiger charge is -2.29. The van der Waals surface area contributed by atoms with Crippen molar-refractivity contribution in [2.24, 2.45) is 0 Å². The number of carbonyl (C=O) groups excluding carboxylic acids is 2. The Balaban J connectivity index is 1.49. The van der Waals surface area contributed by atoms with Gasteiger partial charge in [-0.15, -0.1) is 11.8 Å². The highest BCUT2D eigenvalue weighted by Crippen LogP contribution is 2.56. The Labute approximate surface area is 162 Å². The average molecular weight is 384 g/mol. The van der Waals surface area contributed by atoms with E-state index in [1.807, 2.05) is 44.2 Å². The Bertz CT molecular complexity index is 915. The molecule has 4 rings (SSSR count). The number of amides is 2. The lowest BCUT2D eigenvalue weighted by Crippen LogP contribution is -2.52. The predicted molar refractivity (Wildman–Crippen MR) is 104 cm³/mol. The fourth-order valence-corrected chi connectivity index (χ4v) is 5.51. The van der Waals surface area contributed by atoms with Crippen molar-refractivity contribution in [1.29, 1.82) is 0 Å². The van der Waals surface area contributed by atoms with E-state index in [2.05, 4.69) is 5.32 Å². The minimum absolute atomic E-state index is 0.0843. The molecule has 2 aromatic rings. The molecule has 2 unspecified atom stereocenters. The van der Waals surface area contributed by atoms with Crippen molar-refractivity contribution in [3.63, 3.8) is 0 Å². The highest BCUT2D eigenvalue weighted by molar-refractivity contribution is 8.01. The van der Waals surface area contributed by atoms with Gasteiger partial charge in [-0.05, 0) is 49.6 Å². The first-order chi connectivity index (χ1) is 12.9. The van der Waals surface area contributed by atoms with Gasteiger partial charge in [0.25, 0.3) is 5.91 Å². The van der Waals surface area contributed by atoms with Crippen molar-refractivity contribution in [2.45, 2.75) is 36.4 Å². The van der Waals surface area contributed by atoms with E-state index in [9.17, 15) is 14.0 Å². The SMILES string of the molecule is CC1(C)SC2c3ccccc3C(=O)N2C1C(=O)NCCc1cccc(F)c1. The minimum Gasteiger partial charge on any atom is -0.354 e. The molecular weight excluding hydrogens is 363 g/mol. The van der Waals surface area contributed by atoms with Crippen LogP contribution < -0.4 is 5.32 Å². The fourth-order valence-electron chi connectivity index (χ4n) is 3.92. The summed E-state index contributed by atoms with van der Waals surface area (Å²) in [5.41, 5.74) is 2.50. The van der Waals surface area contributed by atoms with Crippen LogP contribution in [-0.2, 0) is 11.2 Å². The summed E-state index contributed by atoms with van der Waals surface area (Å²) in [4.78, 5) is 27.6. The number of thioether (sulfide) groups is 1. The number of hydrogen-bond donors (Lipinski definition) is 1. The van der Waals surface area contributed by atoms with Gasteiger partial charge in [-0.2, -0.15) is 0 Å². The third kappa shape index (κ3) is 3.12. The van der Waals surface area contributed by atoms with Crippen molar-refractivity contribution in [3.8, 4) is 0 Å². The van der Waals surface area contributed by atoms with Crippen molar-refractivity contribution in [3.05, 3.63) is 71.0 Å². The quantitative estimate of drug-likeness (QED) is 0.877. The first-order valence-corrected chi connectivity index (χ1v) is 9.88. The molecule has 6 heteroatoms. The van der Waals surface area contributed by atoms with Crippen LogP contribution in [0.1, 0.15) is 40.7 Å². The minimum atomic E-state index is -0.542. The molecule has 0 aromatic heterocycles. The van der Waals surface area contributed by atoms with Gasteiger partial charge >= 0.3 is 0 Å². The van der Waals surface area contributed by atoms with Crippen LogP contribution in [-0.4, -0.2) is 34.0 Å². The van der Waals surface area contributed by atoms with Gasteiger partial charge in [-0.3, -0.25) is 9.59 Å². The Morgan fingerprint density at radius 1 is 1.22 bits per heavy atom. The molecule has 2 aliphatic heterocycles. The van der Waals surface area contributed by atoms with Crippen LogP contribution in [0.2, 0.25) is 0 Å². The highest BCUT2D eigenvalue weighted by atomic mass is 32.2. The number of nitrogens with one attached hydrogen (secondary N) is 1. The molecule has 27 heavy (non-hydrogen) atoms. The lowest BCUT2D eigenvalue weighted by molar-refractivity contribution is -0.126. The van der Waals surface area contributed by atoms with Gasteiger partial charge in [-0.25, -0.2) is 4.39 Å². The zero-order valence-electron chi connectivity index (χ0n) is 15.2. The molecule has 4 nitrogen and oxygen atoms in total. The first kappa shape index (κ1) is 18.0. The van der Waals surface area contributed by atoms with Gasteiger partial charge in [-0.1, -0.05) is 30.3 Å². The summed E-state index contributed by atoms with van der Waals surface area (Å²) in [6.45, 7) is 4.41.